The Hall–Kier alpha value is -2.40. The summed E-state index contributed by atoms with van der Waals surface area (Å²) in [4.78, 5) is 25.6. The third-order valence-corrected chi connectivity index (χ3v) is 13.0. The van der Waals surface area contributed by atoms with E-state index >= 15 is 0 Å². The van der Waals surface area contributed by atoms with Crippen LogP contribution in [0.5, 0.6) is 0 Å². The van der Waals surface area contributed by atoms with Gasteiger partial charge in [-0.1, -0.05) is 261 Å². The van der Waals surface area contributed by atoms with E-state index in [1.54, 1.807) is 0 Å². The lowest BCUT2D eigenvalue weighted by atomic mass is 10.0. The summed E-state index contributed by atoms with van der Waals surface area (Å²) in [5.74, 6) is -0.407. The summed E-state index contributed by atoms with van der Waals surface area (Å²) in [5, 5.41) is 0. The predicted octanol–water partition coefficient (Wildman–Crippen LogP) is 20.5. The van der Waals surface area contributed by atoms with E-state index in [1.807, 2.05) is 0 Å². The Balaban J connectivity index is 4.29. The quantitative estimate of drug-likeness (QED) is 0.0345. The molecule has 0 aromatic rings. The summed E-state index contributed by atoms with van der Waals surface area (Å²) in [6.45, 7) is 7.80. The van der Waals surface area contributed by atoms with Crippen molar-refractivity contribution in [2.75, 3.05) is 19.8 Å². The van der Waals surface area contributed by atoms with Gasteiger partial charge in [0.25, 0.3) is 0 Å². The predicted molar refractivity (Wildman–Crippen MR) is 298 cm³/mol. The minimum atomic E-state index is -0.546. The molecule has 68 heavy (non-hydrogen) atoms. The van der Waals surface area contributed by atoms with Crippen LogP contribution in [0.1, 0.15) is 303 Å². The third-order valence-electron chi connectivity index (χ3n) is 13.0. The lowest BCUT2D eigenvalue weighted by Gasteiger charge is -2.18. The summed E-state index contributed by atoms with van der Waals surface area (Å²) in [6.07, 6.45) is 75.2. The lowest BCUT2D eigenvalue weighted by molar-refractivity contribution is -0.163. The highest BCUT2D eigenvalue weighted by Gasteiger charge is 2.17. The van der Waals surface area contributed by atoms with Gasteiger partial charge in [0.15, 0.2) is 6.10 Å². The van der Waals surface area contributed by atoms with Gasteiger partial charge in [0.05, 0.1) is 6.61 Å². The first-order chi connectivity index (χ1) is 33.6. The molecule has 0 N–H and O–H groups in total. The summed E-state index contributed by atoms with van der Waals surface area (Å²) in [5.41, 5.74) is 0. The van der Waals surface area contributed by atoms with Crippen LogP contribution in [0.4, 0.5) is 0 Å². The molecule has 0 saturated carbocycles. The van der Waals surface area contributed by atoms with Crippen LogP contribution in [0.15, 0.2) is 60.8 Å². The molecule has 0 bridgehead atoms. The van der Waals surface area contributed by atoms with Crippen molar-refractivity contribution >= 4 is 11.9 Å². The van der Waals surface area contributed by atoms with Crippen molar-refractivity contribution in [2.45, 2.75) is 309 Å². The summed E-state index contributed by atoms with van der Waals surface area (Å²) < 4.78 is 17.5. The van der Waals surface area contributed by atoms with Gasteiger partial charge < -0.3 is 14.2 Å². The van der Waals surface area contributed by atoms with Crippen LogP contribution in [-0.2, 0) is 23.8 Å². The van der Waals surface area contributed by atoms with Gasteiger partial charge in [-0.25, -0.2) is 0 Å². The number of ether oxygens (including phenoxy) is 3. The molecule has 1 atom stereocenters. The molecule has 0 spiro atoms. The van der Waals surface area contributed by atoms with E-state index in [-0.39, 0.29) is 25.2 Å². The van der Waals surface area contributed by atoms with E-state index in [2.05, 4.69) is 81.5 Å². The van der Waals surface area contributed by atoms with Crippen LogP contribution < -0.4 is 0 Å². The maximum Gasteiger partial charge on any atom is 0.306 e. The molecule has 0 aromatic heterocycles. The highest BCUT2D eigenvalue weighted by atomic mass is 16.6. The van der Waals surface area contributed by atoms with Gasteiger partial charge in [-0.3, -0.25) is 9.59 Å². The molecule has 5 nitrogen and oxygen atoms in total. The Morgan fingerprint density at radius 3 is 1.01 bits per heavy atom. The second-order valence-corrected chi connectivity index (χ2v) is 19.9. The zero-order chi connectivity index (χ0) is 49.2. The van der Waals surface area contributed by atoms with Crippen LogP contribution in [-0.4, -0.2) is 37.9 Å². The number of unbranched alkanes of at least 4 members (excludes halogenated alkanes) is 34. The topological polar surface area (TPSA) is 61.8 Å². The maximum atomic E-state index is 12.9. The first kappa shape index (κ1) is 65.6. The van der Waals surface area contributed by atoms with Crippen molar-refractivity contribution in [1.82, 2.24) is 0 Å². The first-order valence-electron chi connectivity index (χ1n) is 29.8. The van der Waals surface area contributed by atoms with E-state index in [1.165, 1.54) is 193 Å². The standard InChI is InChI=1S/C63H114O5/c1-4-7-10-13-16-19-22-25-28-31-32-34-35-38-41-44-47-50-53-56-62(64)67-60-61(59-66-58-55-52-49-46-43-40-37-30-27-24-21-18-15-12-9-6-3)68-63(65)57-54-51-48-45-42-39-36-33-29-26-23-20-17-14-11-8-5-2/h16-17,19-20,25-26,28-29,32,34,61H,4-15,18,21-24,27,30-31,33,35-60H2,1-3H3/b19-16-,20-17-,28-25-,29-26-,34-32-. The van der Waals surface area contributed by atoms with Gasteiger partial charge >= 0.3 is 11.9 Å². The van der Waals surface area contributed by atoms with E-state index in [0.717, 1.165) is 77.0 Å². The van der Waals surface area contributed by atoms with Gasteiger partial charge in [0.2, 0.25) is 0 Å². The zero-order valence-corrected chi connectivity index (χ0v) is 45.6. The SMILES string of the molecule is CCCCC/C=C\C/C=C\C/C=C\CCCCCCCCC(=O)OCC(COCCCCCCCCCCCCCCCCCC)OC(=O)CCCCCCCCC/C=C\C/C=C\CCCCC. The van der Waals surface area contributed by atoms with E-state index in [4.69, 9.17) is 14.2 Å². The Kier molecular flexibility index (Phi) is 56.8. The van der Waals surface area contributed by atoms with Crippen molar-refractivity contribution in [2.24, 2.45) is 0 Å². The molecule has 0 aliphatic rings. The average molecular weight is 952 g/mol. The number of hydrogen-bond acceptors (Lipinski definition) is 5. The highest BCUT2D eigenvalue weighted by Crippen LogP contribution is 2.16. The van der Waals surface area contributed by atoms with Crippen LogP contribution in [0.3, 0.4) is 0 Å². The fourth-order valence-corrected chi connectivity index (χ4v) is 8.55. The largest absolute Gasteiger partial charge is 0.462 e. The van der Waals surface area contributed by atoms with E-state index in [0.29, 0.717) is 19.4 Å². The Morgan fingerprint density at radius 1 is 0.324 bits per heavy atom. The molecular formula is C63H114O5. The second-order valence-electron chi connectivity index (χ2n) is 19.9. The van der Waals surface area contributed by atoms with Crippen molar-refractivity contribution < 1.29 is 23.8 Å². The number of allylic oxidation sites excluding steroid dienone is 10. The van der Waals surface area contributed by atoms with Crippen LogP contribution in [0.2, 0.25) is 0 Å². The fraction of sp³-hybridized carbons (Fsp3) is 0.810. The average Bonchev–Trinajstić information content (AvgIpc) is 3.34. The number of carbonyl (C=O) groups is 2. The summed E-state index contributed by atoms with van der Waals surface area (Å²) >= 11 is 0. The van der Waals surface area contributed by atoms with Gasteiger partial charge in [0, 0.05) is 19.4 Å². The smallest absolute Gasteiger partial charge is 0.306 e. The second kappa shape index (κ2) is 58.9. The van der Waals surface area contributed by atoms with Crippen molar-refractivity contribution in [3.63, 3.8) is 0 Å². The first-order valence-corrected chi connectivity index (χ1v) is 29.8. The highest BCUT2D eigenvalue weighted by molar-refractivity contribution is 5.70. The maximum absolute atomic E-state index is 12.9. The normalized spacial score (nSPS) is 12.6. The van der Waals surface area contributed by atoms with E-state index < -0.39 is 6.10 Å². The van der Waals surface area contributed by atoms with Gasteiger partial charge in [-0.15, -0.1) is 0 Å². The molecule has 0 saturated heterocycles. The van der Waals surface area contributed by atoms with Gasteiger partial charge in [-0.05, 0) is 89.9 Å². The molecular weight excluding hydrogens is 837 g/mol. The molecule has 0 aliphatic heterocycles. The monoisotopic (exact) mass is 951 g/mol. The third kappa shape index (κ3) is 56.2. The van der Waals surface area contributed by atoms with Crippen LogP contribution in [0, 0.1) is 0 Å². The van der Waals surface area contributed by atoms with Gasteiger partial charge in [0.1, 0.15) is 6.61 Å². The Labute approximate surface area is 424 Å². The zero-order valence-electron chi connectivity index (χ0n) is 45.6. The van der Waals surface area contributed by atoms with Crippen LogP contribution in [0.25, 0.3) is 0 Å². The van der Waals surface area contributed by atoms with Crippen LogP contribution >= 0.6 is 0 Å². The molecule has 0 fully saturated rings. The van der Waals surface area contributed by atoms with Gasteiger partial charge in [-0.2, -0.15) is 0 Å². The van der Waals surface area contributed by atoms with E-state index in [9.17, 15) is 9.59 Å². The number of carbonyl (C=O) groups excluding carboxylic acids is 2. The molecule has 0 aliphatic carbocycles. The molecule has 0 heterocycles. The minimum Gasteiger partial charge on any atom is -0.462 e. The fourth-order valence-electron chi connectivity index (χ4n) is 8.55. The lowest BCUT2D eigenvalue weighted by Crippen LogP contribution is -2.30. The Bertz CT molecular complexity index is 1170. The summed E-state index contributed by atoms with van der Waals surface area (Å²) in [6, 6.07) is 0. The van der Waals surface area contributed by atoms with Crippen molar-refractivity contribution in [3.8, 4) is 0 Å². The number of hydrogen-bond donors (Lipinski definition) is 0. The molecule has 1 unspecified atom stereocenters. The molecule has 5 heteroatoms. The van der Waals surface area contributed by atoms with Crippen molar-refractivity contribution in [3.05, 3.63) is 60.8 Å². The number of rotatable bonds is 55. The molecule has 0 aromatic carbocycles. The minimum absolute atomic E-state index is 0.0773. The summed E-state index contributed by atoms with van der Waals surface area (Å²) in [7, 11) is 0. The molecule has 0 rings (SSSR count). The molecule has 396 valence electrons. The van der Waals surface area contributed by atoms with Crippen molar-refractivity contribution in [1.29, 1.82) is 0 Å². The molecule has 0 radical (unpaired) electrons. The number of esters is 2. The molecule has 0 amide bonds. The Morgan fingerprint density at radius 2 is 0.618 bits per heavy atom.